The second-order valence-electron chi connectivity index (χ2n) is 6.85. The molecule has 6 heteroatoms. The summed E-state index contributed by atoms with van der Waals surface area (Å²) >= 11 is 3.41. The van der Waals surface area contributed by atoms with Crippen LogP contribution in [-0.2, 0) is 19.4 Å². The number of nitriles is 1. The maximum absolute atomic E-state index is 9.67. The Morgan fingerprint density at radius 1 is 1.11 bits per heavy atom. The lowest BCUT2D eigenvalue weighted by atomic mass is 9.95. The molecule has 3 aromatic rings. The van der Waals surface area contributed by atoms with Gasteiger partial charge in [0.25, 0.3) is 0 Å². The van der Waals surface area contributed by atoms with E-state index in [-0.39, 0.29) is 5.82 Å². The molecule has 5 nitrogen and oxygen atoms in total. The average Bonchev–Trinajstić information content (AvgIpc) is 3.04. The molecule has 0 aliphatic heterocycles. The lowest BCUT2D eigenvalue weighted by molar-refractivity contribution is 0.272. The van der Waals surface area contributed by atoms with Crippen LogP contribution >= 0.6 is 15.9 Å². The summed E-state index contributed by atoms with van der Waals surface area (Å²) in [6, 6.07) is 13.6. The summed E-state index contributed by atoms with van der Waals surface area (Å²) in [5, 5.41) is 9.67. The van der Waals surface area contributed by atoms with E-state index in [9.17, 15) is 5.26 Å². The van der Waals surface area contributed by atoms with Crippen molar-refractivity contribution in [3.63, 3.8) is 0 Å². The second-order valence-corrected chi connectivity index (χ2v) is 7.77. The van der Waals surface area contributed by atoms with E-state index < -0.39 is 0 Å². The lowest BCUT2D eigenvalue weighted by Crippen LogP contribution is -2.06. The standard InChI is InChI=1S/C22H20BrN3O2/c23-14-6-8-15(9-7-14)27-13-16-10-11-20(28-16)21-17-4-2-1-3-5-19(17)26-22(25)18(21)12-24/h6-11H,1-5,13H2,(H2,25,26). The molecule has 0 radical (unpaired) electrons. The van der Waals surface area contributed by atoms with E-state index in [0.29, 0.717) is 23.7 Å². The number of furan rings is 1. The van der Waals surface area contributed by atoms with E-state index in [4.69, 9.17) is 14.9 Å². The van der Waals surface area contributed by atoms with Crippen molar-refractivity contribution in [2.45, 2.75) is 38.7 Å². The van der Waals surface area contributed by atoms with Crippen molar-refractivity contribution < 1.29 is 9.15 Å². The highest BCUT2D eigenvalue weighted by molar-refractivity contribution is 9.10. The van der Waals surface area contributed by atoms with Crippen LogP contribution in [0.1, 0.15) is 41.8 Å². The van der Waals surface area contributed by atoms with Gasteiger partial charge in [-0.15, -0.1) is 0 Å². The minimum absolute atomic E-state index is 0.280. The molecule has 1 aliphatic rings. The Morgan fingerprint density at radius 2 is 1.89 bits per heavy atom. The predicted octanol–water partition coefficient (Wildman–Crippen LogP) is 5.41. The molecule has 0 amide bonds. The fraction of sp³-hybridized carbons (Fsp3) is 0.273. The molecule has 1 aromatic carbocycles. The van der Waals surface area contributed by atoms with Gasteiger partial charge in [0, 0.05) is 15.7 Å². The molecule has 0 fully saturated rings. The Kier molecular flexibility index (Phi) is 5.36. The Balaban J connectivity index is 1.65. The molecule has 4 rings (SSSR count). The van der Waals surface area contributed by atoms with Crippen LogP contribution in [0.4, 0.5) is 5.82 Å². The zero-order valence-corrected chi connectivity index (χ0v) is 17.0. The molecule has 0 bridgehead atoms. The van der Waals surface area contributed by atoms with Gasteiger partial charge in [-0.05, 0) is 67.6 Å². The summed E-state index contributed by atoms with van der Waals surface area (Å²) < 4.78 is 12.8. The van der Waals surface area contributed by atoms with E-state index in [1.165, 1.54) is 0 Å². The number of halogens is 1. The zero-order chi connectivity index (χ0) is 19.5. The quantitative estimate of drug-likeness (QED) is 0.551. The molecule has 28 heavy (non-hydrogen) atoms. The van der Waals surface area contributed by atoms with Crippen LogP contribution in [0, 0.1) is 11.3 Å². The van der Waals surface area contributed by atoms with Crippen LogP contribution in [0.2, 0.25) is 0 Å². The molecule has 0 spiro atoms. The third-order valence-electron chi connectivity index (χ3n) is 4.97. The van der Waals surface area contributed by atoms with Gasteiger partial charge in [0.15, 0.2) is 0 Å². The summed E-state index contributed by atoms with van der Waals surface area (Å²) in [7, 11) is 0. The highest BCUT2D eigenvalue weighted by atomic mass is 79.9. The molecule has 0 saturated carbocycles. The molecule has 142 valence electrons. The number of nitrogens with two attached hydrogens (primary N) is 1. The van der Waals surface area contributed by atoms with Crippen molar-refractivity contribution >= 4 is 21.7 Å². The van der Waals surface area contributed by atoms with Crippen molar-refractivity contribution in [2.24, 2.45) is 0 Å². The number of aromatic nitrogens is 1. The molecule has 0 atom stereocenters. The number of hydrogen-bond acceptors (Lipinski definition) is 5. The summed E-state index contributed by atoms with van der Waals surface area (Å²) in [4.78, 5) is 4.51. The van der Waals surface area contributed by atoms with Gasteiger partial charge in [0.2, 0.25) is 0 Å². The van der Waals surface area contributed by atoms with E-state index in [0.717, 1.165) is 59.1 Å². The maximum atomic E-state index is 9.67. The first kappa shape index (κ1) is 18.6. The Hall–Kier alpha value is -2.78. The predicted molar refractivity (Wildman–Crippen MR) is 111 cm³/mol. The number of anilines is 1. The first-order valence-corrected chi connectivity index (χ1v) is 10.1. The van der Waals surface area contributed by atoms with Crippen LogP contribution in [0.5, 0.6) is 5.75 Å². The number of rotatable bonds is 4. The van der Waals surface area contributed by atoms with Gasteiger partial charge < -0.3 is 14.9 Å². The normalized spacial score (nSPS) is 13.4. The van der Waals surface area contributed by atoms with Crippen molar-refractivity contribution in [3.05, 3.63) is 63.5 Å². The number of benzene rings is 1. The maximum Gasteiger partial charge on any atom is 0.146 e. The topological polar surface area (TPSA) is 85.1 Å². The van der Waals surface area contributed by atoms with Gasteiger partial charge in [0.1, 0.15) is 41.3 Å². The van der Waals surface area contributed by atoms with E-state index in [2.05, 4.69) is 27.0 Å². The first-order valence-electron chi connectivity index (χ1n) is 9.34. The fourth-order valence-corrected chi connectivity index (χ4v) is 3.86. The van der Waals surface area contributed by atoms with E-state index in [1.807, 2.05) is 36.4 Å². The fourth-order valence-electron chi connectivity index (χ4n) is 3.60. The molecule has 2 aromatic heterocycles. The molecular formula is C22H20BrN3O2. The Labute approximate surface area is 172 Å². The van der Waals surface area contributed by atoms with E-state index in [1.54, 1.807) is 0 Å². The Bertz CT molecular complexity index is 1040. The highest BCUT2D eigenvalue weighted by Gasteiger charge is 2.23. The molecule has 2 heterocycles. The van der Waals surface area contributed by atoms with Crippen molar-refractivity contribution in [3.8, 4) is 23.1 Å². The number of nitrogens with zero attached hydrogens (tertiary/aromatic N) is 2. The van der Waals surface area contributed by atoms with Crippen molar-refractivity contribution in [1.82, 2.24) is 4.98 Å². The minimum Gasteiger partial charge on any atom is -0.486 e. The molecule has 0 saturated heterocycles. The Morgan fingerprint density at radius 3 is 2.68 bits per heavy atom. The van der Waals surface area contributed by atoms with Gasteiger partial charge in [-0.1, -0.05) is 22.4 Å². The SMILES string of the molecule is N#Cc1c(N)nc2c(c1-c1ccc(COc3ccc(Br)cc3)o1)CCCCC2. The highest BCUT2D eigenvalue weighted by Crippen LogP contribution is 2.36. The zero-order valence-electron chi connectivity index (χ0n) is 15.4. The molecule has 1 aliphatic carbocycles. The van der Waals surface area contributed by atoms with Gasteiger partial charge >= 0.3 is 0 Å². The number of ether oxygens (including phenoxy) is 1. The van der Waals surface area contributed by atoms with Gasteiger partial charge in [-0.25, -0.2) is 4.98 Å². The number of nitrogen functional groups attached to an aromatic ring is 1. The average molecular weight is 438 g/mol. The van der Waals surface area contributed by atoms with Crippen molar-refractivity contribution in [1.29, 1.82) is 5.26 Å². The van der Waals surface area contributed by atoms with Crippen LogP contribution in [0.3, 0.4) is 0 Å². The van der Waals surface area contributed by atoms with E-state index >= 15 is 0 Å². The molecular weight excluding hydrogens is 418 g/mol. The summed E-state index contributed by atoms with van der Waals surface area (Å²) in [6.45, 7) is 0.312. The number of hydrogen-bond donors (Lipinski definition) is 1. The van der Waals surface area contributed by atoms with Crippen LogP contribution in [0.25, 0.3) is 11.3 Å². The monoisotopic (exact) mass is 437 g/mol. The molecule has 2 N–H and O–H groups in total. The third-order valence-corrected chi connectivity index (χ3v) is 5.50. The largest absolute Gasteiger partial charge is 0.486 e. The van der Waals surface area contributed by atoms with Gasteiger partial charge in [0.05, 0.1) is 0 Å². The first-order chi connectivity index (χ1) is 13.7. The molecule has 0 unspecified atom stereocenters. The van der Waals surface area contributed by atoms with Crippen LogP contribution < -0.4 is 10.5 Å². The van der Waals surface area contributed by atoms with Gasteiger partial charge in [-0.2, -0.15) is 5.26 Å². The second kappa shape index (κ2) is 8.07. The number of aryl methyl sites for hydroxylation is 1. The minimum atomic E-state index is 0.280. The smallest absolute Gasteiger partial charge is 0.146 e. The summed E-state index contributed by atoms with van der Waals surface area (Å²) in [5.74, 6) is 2.39. The number of fused-ring (bicyclic) bond motifs is 1. The third kappa shape index (κ3) is 3.76. The van der Waals surface area contributed by atoms with Gasteiger partial charge in [-0.3, -0.25) is 0 Å². The van der Waals surface area contributed by atoms with Crippen LogP contribution in [-0.4, -0.2) is 4.98 Å². The van der Waals surface area contributed by atoms with Crippen molar-refractivity contribution in [2.75, 3.05) is 5.73 Å². The van der Waals surface area contributed by atoms with Crippen LogP contribution in [0.15, 0.2) is 45.3 Å². The summed E-state index contributed by atoms with van der Waals surface area (Å²) in [6.07, 6.45) is 5.10. The number of pyridine rings is 1. The summed E-state index contributed by atoms with van der Waals surface area (Å²) in [5.41, 5.74) is 9.37. The lowest BCUT2D eigenvalue weighted by Gasteiger charge is -2.14.